The molecule has 1 saturated heterocycles. The first kappa shape index (κ1) is 23.3. The minimum atomic E-state index is -1.29. The first-order valence-electron chi connectivity index (χ1n) is 10.6. The number of nitrogens with zero attached hydrogens (tertiary/aromatic N) is 2. The van der Waals surface area contributed by atoms with Crippen LogP contribution in [0.15, 0.2) is 84.9 Å². The summed E-state index contributed by atoms with van der Waals surface area (Å²) in [5, 5.41) is 15.7. The lowest BCUT2D eigenvalue weighted by Gasteiger charge is -2.29. The molecule has 0 spiro atoms. The van der Waals surface area contributed by atoms with E-state index in [1.807, 2.05) is 0 Å². The maximum atomic E-state index is 13.6. The SMILES string of the molecule is COC(=O)[C@@H]1[C@H](c2ccccc2)[C@@H]([N+](=O)[O-])[C@H](c2ccccc2)N1C(=O)Nc1ccc(Cl)cc1. The number of benzene rings is 3. The maximum absolute atomic E-state index is 13.6. The lowest BCUT2D eigenvalue weighted by molar-refractivity contribution is -0.528. The number of hydrogen-bond acceptors (Lipinski definition) is 5. The number of rotatable bonds is 5. The van der Waals surface area contributed by atoms with Crippen LogP contribution in [0, 0.1) is 10.1 Å². The van der Waals surface area contributed by atoms with E-state index >= 15 is 0 Å². The second kappa shape index (κ2) is 9.93. The third kappa shape index (κ3) is 4.45. The Labute approximate surface area is 201 Å². The Morgan fingerprint density at radius 1 is 0.941 bits per heavy atom. The normalized spacial score (nSPS) is 21.6. The Morgan fingerprint density at radius 2 is 1.50 bits per heavy atom. The molecule has 8 nitrogen and oxygen atoms in total. The number of carbonyl (C=O) groups is 2. The van der Waals surface area contributed by atoms with Crippen LogP contribution in [0.4, 0.5) is 10.5 Å². The summed E-state index contributed by atoms with van der Waals surface area (Å²) in [6.45, 7) is 0. The molecule has 0 radical (unpaired) electrons. The molecule has 1 fully saturated rings. The van der Waals surface area contributed by atoms with Crippen molar-refractivity contribution < 1.29 is 19.2 Å². The quantitative estimate of drug-likeness (QED) is 0.318. The Balaban J connectivity index is 1.87. The van der Waals surface area contributed by atoms with Crippen molar-refractivity contribution in [3.63, 3.8) is 0 Å². The first-order valence-corrected chi connectivity index (χ1v) is 11.0. The zero-order valence-electron chi connectivity index (χ0n) is 18.2. The Kier molecular flexibility index (Phi) is 6.79. The number of anilines is 1. The summed E-state index contributed by atoms with van der Waals surface area (Å²) in [6.07, 6.45) is 0. The topological polar surface area (TPSA) is 102 Å². The minimum Gasteiger partial charge on any atom is -0.467 e. The number of nitro groups is 1. The van der Waals surface area contributed by atoms with Crippen molar-refractivity contribution in [2.24, 2.45) is 0 Å². The summed E-state index contributed by atoms with van der Waals surface area (Å²) in [5.41, 5.74) is 1.55. The van der Waals surface area contributed by atoms with Gasteiger partial charge in [0.1, 0.15) is 12.1 Å². The molecule has 0 bridgehead atoms. The van der Waals surface area contributed by atoms with Crippen molar-refractivity contribution in [2.45, 2.75) is 24.0 Å². The van der Waals surface area contributed by atoms with Crippen LogP contribution < -0.4 is 5.32 Å². The van der Waals surface area contributed by atoms with Crippen LogP contribution in [-0.4, -0.2) is 41.0 Å². The van der Waals surface area contributed by atoms with Crippen molar-refractivity contribution in [1.29, 1.82) is 0 Å². The molecule has 9 heteroatoms. The fourth-order valence-corrected chi connectivity index (χ4v) is 4.68. The number of amides is 2. The van der Waals surface area contributed by atoms with Crippen LogP contribution >= 0.6 is 11.6 Å². The van der Waals surface area contributed by atoms with Crippen molar-refractivity contribution in [3.05, 3.63) is 111 Å². The molecule has 3 aromatic carbocycles. The van der Waals surface area contributed by atoms with E-state index in [-0.39, 0.29) is 0 Å². The van der Waals surface area contributed by atoms with E-state index < -0.39 is 41.0 Å². The largest absolute Gasteiger partial charge is 0.467 e. The molecule has 174 valence electrons. The molecule has 1 N–H and O–H groups in total. The number of likely N-dealkylation sites (tertiary alicyclic amines) is 1. The van der Waals surface area contributed by atoms with Crippen LogP contribution in [0.2, 0.25) is 5.02 Å². The molecule has 4 rings (SSSR count). The summed E-state index contributed by atoms with van der Waals surface area (Å²) in [4.78, 5) is 40.0. The molecule has 1 heterocycles. The van der Waals surface area contributed by atoms with E-state index in [0.29, 0.717) is 21.8 Å². The van der Waals surface area contributed by atoms with Crippen molar-refractivity contribution in [3.8, 4) is 0 Å². The van der Waals surface area contributed by atoms with E-state index in [0.717, 1.165) is 0 Å². The number of carbonyl (C=O) groups excluding carboxylic acids is 2. The Bertz CT molecular complexity index is 1170. The molecule has 1 aliphatic rings. The second-order valence-electron chi connectivity index (χ2n) is 7.88. The molecular weight excluding hydrogens is 458 g/mol. The van der Waals surface area contributed by atoms with Gasteiger partial charge in [0, 0.05) is 15.6 Å². The predicted octanol–water partition coefficient (Wildman–Crippen LogP) is 4.90. The van der Waals surface area contributed by atoms with Gasteiger partial charge in [-0.25, -0.2) is 9.59 Å². The van der Waals surface area contributed by atoms with E-state index in [1.54, 1.807) is 84.9 Å². The molecule has 1 aliphatic heterocycles. The number of urea groups is 1. The number of hydrogen-bond donors (Lipinski definition) is 1. The number of nitrogens with one attached hydrogen (secondary N) is 1. The highest BCUT2D eigenvalue weighted by Crippen LogP contribution is 2.47. The fourth-order valence-electron chi connectivity index (χ4n) is 4.56. The summed E-state index contributed by atoms with van der Waals surface area (Å²) in [7, 11) is 1.21. The van der Waals surface area contributed by atoms with Gasteiger partial charge in [0.15, 0.2) is 0 Å². The average Bonchev–Trinajstić information content (AvgIpc) is 3.23. The van der Waals surface area contributed by atoms with Gasteiger partial charge in [0.2, 0.25) is 6.04 Å². The van der Waals surface area contributed by atoms with E-state index in [9.17, 15) is 19.7 Å². The fraction of sp³-hybridized carbons (Fsp3) is 0.200. The first-order chi connectivity index (χ1) is 16.4. The Morgan fingerprint density at radius 3 is 2.03 bits per heavy atom. The van der Waals surface area contributed by atoms with Crippen LogP contribution in [0.25, 0.3) is 0 Å². The highest BCUT2D eigenvalue weighted by atomic mass is 35.5. The van der Waals surface area contributed by atoms with Crippen LogP contribution in [0.1, 0.15) is 23.1 Å². The maximum Gasteiger partial charge on any atom is 0.329 e. The highest BCUT2D eigenvalue weighted by Gasteiger charge is 2.61. The minimum absolute atomic E-state index is 0.416. The standard InChI is InChI=1S/C25H22ClN3O5/c1-34-24(30)23-20(16-8-4-2-5-9-16)22(29(32)33)21(17-10-6-3-7-11-17)28(23)25(31)27-19-14-12-18(26)13-15-19/h2-15,20-23H,1H3,(H,27,31)/t20-,21+,22-,23+/m1/s1. The highest BCUT2D eigenvalue weighted by molar-refractivity contribution is 6.30. The van der Waals surface area contributed by atoms with Gasteiger partial charge in [0.05, 0.1) is 13.0 Å². The van der Waals surface area contributed by atoms with Crippen molar-refractivity contribution in [2.75, 3.05) is 12.4 Å². The van der Waals surface area contributed by atoms with Crippen molar-refractivity contribution in [1.82, 2.24) is 4.90 Å². The smallest absolute Gasteiger partial charge is 0.329 e. The number of ether oxygens (including phenoxy) is 1. The second-order valence-corrected chi connectivity index (χ2v) is 8.32. The van der Waals surface area contributed by atoms with Gasteiger partial charge in [-0.1, -0.05) is 72.3 Å². The number of halogens is 1. The predicted molar refractivity (Wildman–Crippen MR) is 127 cm³/mol. The number of esters is 1. The molecule has 0 aromatic heterocycles. The van der Waals surface area contributed by atoms with E-state index in [4.69, 9.17) is 16.3 Å². The van der Waals surface area contributed by atoms with E-state index in [1.165, 1.54) is 12.0 Å². The van der Waals surface area contributed by atoms with Gasteiger partial charge in [0.25, 0.3) is 0 Å². The third-order valence-corrected chi connectivity index (χ3v) is 6.22. The van der Waals surface area contributed by atoms with E-state index in [2.05, 4.69) is 5.32 Å². The molecular formula is C25H22ClN3O5. The van der Waals surface area contributed by atoms with Crippen LogP contribution in [-0.2, 0) is 9.53 Å². The van der Waals surface area contributed by atoms with Crippen molar-refractivity contribution >= 4 is 29.3 Å². The molecule has 0 saturated carbocycles. The zero-order valence-corrected chi connectivity index (χ0v) is 19.0. The van der Waals surface area contributed by atoms with Crippen LogP contribution in [0.3, 0.4) is 0 Å². The molecule has 34 heavy (non-hydrogen) atoms. The molecule has 0 aliphatic carbocycles. The van der Waals surface area contributed by atoms with Gasteiger partial charge in [-0.2, -0.15) is 0 Å². The summed E-state index contributed by atoms with van der Waals surface area (Å²) in [5.74, 6) is -1.66. The zero-order chi connectivity index (χ0) is 24.2. The average molecular weight is 480 g/mol. The molecule has 0 unspecified atom stereocenters. The third-order valence-electron chi connectivity index (χ3n) is 5.97. The van der Waals surface area contributed by atoms with Crippen LogP contribution in [0.5, 0.6) is 0 Å². The van der Waals surface area contributed by atoms with Gasteiger partial charge in [-0.3, -0.25) is 15.0 Å². The van der Waals surface area contributed by atoms with Gasteiger partial charge >= 0.3 is 12.0 Å². The van der Waals surface area contributed by atoms with Gasteiger partial charge in [-0.15, -0.1) is 0 Å². The molecule has 3 aromatic rings. The summed E-state index contributed by atoms with van der Waals surface area (Å²) < 4.78 is 5.04. The van der Waals surface area contributed by atoms with Gasteiger partial charge in [-0.05, 0) is 35.4 Å². The molecule has 2 amide bonds. The lowest BCUT2D eigenvalue weighted by atomic mass is 9.85. The summed E-state index contributed by atoms with van der Waals surface area (Å²) >= 11 is 5.94. The Hall–Kier alpha value is -3.91. The lowest BCUT2D eigenvalue weighted by Crippen LogP contribution is -2.46. The monoisotopic (exact) mass is 479 g/mol. The summed E-state index contributed by atoms with van der Waals surface area (Å²) in [6, 6.07) is 19.7. The number of methoxy groups -OCH3 is 1. The van der Waals surface area contributed by atoms with Gasteiger partial charge < -0.3 is 10.1 Å². The molecule has 4 atom stereocenters.